The molecule has 5 heteroatoms. The van der Waals surface area contributed by atoms with E-state index >= 15 is 0 Å². The van der Waals surface area contributed by atoms with E-state index in [-0.39, 0.29) is 6.09 Å². The van der Waals surface area contributed by atoms with Crippen LogP contribution in [0, 0.1) is 5.92 Å². The van der Waals surface area contributed by atoms with E-state index < -0.39 is 5.60 Å². The second-order valence-corrected chi connectivity index (χ2v) is 7.65. The van der Waals surface area contributed by atoms with Gasteiger partial charge in [0.1, 0.15) is 5.60 Å². The van der Waals surface area contributed by atoms with Crippen LogP contribution >= 0.6 is 11.8 Å². The van der Waals surface area contributed by atoms with E-state index in [2.05, 4.69) is 17.2 Å². The van der Waals surface area contributed by atoms with Crippen LogP contribution in [0.5, 0.6) is 0 Å². The number of alkyl carbamates (subject to hydrolysis) is 1. The summed E-state index contributed by atoms with van der Waals surface area (Å²) in [4.78, 5) is 11.7. The third-order valence-electron chi connectivity index (χ3n) is 3.46. The zero-order valence-corrected chi connectivity index (χ0v) is 14.4. The molecular weight excluding hydrogens is 284 g/mol. The highest BCUT2D eigenvalue weighted by atomic mass is 32.2. The van der Waals surface area contributed by atoms with Gasteiger partial charge in [0.15, 0.2) is 0 Å². The Bertz CT molecular complexity index is 329. The fraction of sp³-hybridized carbons (Fsp3) is 0.812. The summed E-state index contributed by atoms with van der Waals surface area (Å²) in [6.45, 7) is 11.1. The van der Waals surface area contributed by atoms with Gasteiger partial charge in [-0.05, 0) is 39.5 Å². The molecule has 2 unspecified atom stereocenters. The van der Waals surface area contributed by atoms with Gasteiger partial charge in [-0.1, -0.05) is 12.5 Å². The molecule has 0 spiro atoms. The van der Waals surface area contributed by atoms with Gasteiger partial charge < -0.3 is 15.4 Å². The monoisotopic (exact) mass is 314 g/mol. The molecule has 1 saturated carbocycles. The molecule has 1 aliphatic carbocycles. The van der Waals surface area contributed by atoms with Crippen molar-refractivity contribution < 1.29 is 9.53 Å². The van der Waals surface area contributed by atoms with Crippen LogP contribution in [0.1, 0.15) is 40.0 Å². The Hall–Kier alpha value is -0.680. The molecule has 2 N–H and O–H groups in total. The van der Waals surface area contributed by atoms with Gasteiger partial charge in [0.05, 0.1) is 0 Å². The third kappa shape index (κ3) is 8.37. The molecule has 0 aliphatic heterocycles. The molecule has 0 radical (unpaired) electrons. The first-order valence-electron chi connectivity index (χ1n) is 7.81. The van der Waals surface area contributed by atoms with E-state index in [1.54, 1.807) is 0 Å². The maximum Gasteiger partial charge on any atom is 0.407 e. The average Bonchev–Trinajstić information content (AvgIpc) is 2.81. The lowest BCUT2D eigenvalue weighted by Crippen LogP contribution is -2.41. The minimum atomic E-state index is -0.431. The van der Waals surface area contributed by atoms with Gasteiger partial charge in [-0.2, -0.15) is 11.8 Å². The van der Waals surface area contributed by atoms with Crippen LogP contribution in [0.3, 0.4) is 0 Å². The van der Waals surface area contributed by atoms with Crippen LogP contribution in [-0.2, 0) is 4.74 Å². The number of ether oxygens (including phenoxy) is 1. The molecule has 2 atom stereocenters. The van der Waals surface area contributed by atoms with Crippen molar-refractivity contribution in [3.8, 4) is 0 Å². The maximum absolute atomic E-state index is 11.7. The van der Waals surface area contributed by atoms with E-state index in [1.807, 2.05) is 38.6 Å². The molecule has 0 aromatic carbocycles. The minimum absolute atomic E-state index is 0.310. The van der Waals surface area contributed by atoms with Crippen molar-refractivity contribution in [1.29, 1.82) is 0 Å². The van der Waals surface area contributed by atoms with E-state index in [9.17, 15) is 4.79 Å². The first-order valence-corrected chi connectivity index (χ1v) is 8.96. The summed E-state index contributed by atoms with van der Waals surface area (Å²) < 4.78 is 5.28. The SMILES string of the molecule is C=CCSCCNC1CCCC1CNC(=O)OC(C)(C)C. The van der Waals surface area contributed by atoms with E-state index in [4.69, 9.17) is 4.74 Å². The Labute approximate surface area is 133 Å². The summed E-state index contributed by atoms with van der Waals surface area (Å²) in [6, 6.07) is 0.518. The lowest BCUT2D eigenvalue weighted by atomic mass is 10.0. The normalized spacial score (nSPS) is 22.0. The fourth-order valence-electron chi connectivity index (χ4n) is 2.56. The van der Waals surface area contributed by atoms with E-state index in [0.717, 1.165) is 18.1 Å². The third-order valence-corrected chi connectivity index (χ3v) is 4.42. The Morgan fingerprint density at radius 3 is 2.86 bits per heavy atom. The van der Waals surface area contributed by atoms with Crippen molar-refractivity contribution in [2.45, 2.75) is 51.7 Å². The van der Waals surface area contributed by atoms with Gasteiger partial charge >= 0.3 is 6.09 Å². The highest BCUT2D eigenvalue weighted by Crippen LogP contribution is 2.25. The van der Waals surface area contributed by atoms with Gasteiger partial charge in [-0.25, -0.2) is 4.79 Å². The molecule has 0 saturated heterocycles. The standard InChI is InChI=1S/C16H30N2O2S/c1-5-10-21-11-9-17-14-8-6-7-13(14)12-18-15(19)20-16(2,3)4/h5,13-14,17H,1,6-12H2,2-4H3,(H,18,19). The summed E-state index contributed by atoms with van der Waals surface area (Å²) in [5.74, 6) is 2.63. The van der Waals surface area contributed by atoms with E-state index in [0.29, 0.717) is 18.5 Å². The zero-order chi connectivity index (χ0) is 15.7. The number of carbonyl (C=O) groups is 1. The smallest absolute Gasteiger partial charge is 0.407 e. The van der Waals surface area contributed by atoms with Gasteiger partial charge in [-0.15, -0.1) is 6.58 Å². The molecule has 4 nitrogen and oxygen atoms in total. The fourth-order valence-corrected chi connectivity index (χ4v) is 3.16. The average molecular weight is 314 g/mol. The number of thioether (sulfide) groups is 1. The van der Waals surface area contributed by atoms with Crippen LogP contribution in [0.25, 0.3) is 0 Å². The molecule has 1 fully saturated rings. The predicted octanol–water partition coefficient (Wildman–Crippen LogP) is 3.19. The summed E-state index contributed by atoms with van der Waals surface area (Å²) in [5.41, 5.74) is -0.431. The highest BCUT2D eigenvalue weighted by Gasteiger charge is 2.27. The van der Waals surface area contributed by atoms with Gasteiger partial charge in [0, 0.05) is 30.6 Å². The zero-order valence-electron chi connectivity index (χ0n) is 13.6. The minimum Gasteiger partial charge on any atom is -0.444 e. The predicted molar refractivity (Wildman–Crippen MR) is 90.9 cm³/mol. The summed E-state index contributed by atoms with van der Waals surface area (Å²) in [7, 11) is 0. The molecule has 21 heavy (non-hydrogen) atoms. The second-order valence-electron chi connectivity index (χ2n) is 6.50. The lowest BCUT2D eigenvalue weighted by molar-refractivity contribution is 0.0517. The Balaban J connectivity index is 2.20. The van der Waals surface area contributed by atoms with Crippen molar-refractivity contribution in [2.75, 3.05) is 24.6 Å². The van der Waals surface area contributed by atoms with Gasteiger partial charge in [-0.3, -0.25) is 0 Å². The molecular formula is C16H30N2O2S. The molecule has 0 aromatic heterocycles. The molecule has 0 heterocycles. The van der Waals surface area contributed by atoms with Crippen molar-refractivity contribution in [3.05, 3.63) is 12.7 Å². The quantitative estimate of drug-likeness (QED) is 0.534. The van der Waals surface area contributed by atoms with Crippen molar-refractivity contribution in [1.82, 2.24) is 10.6 Å². The number of rotatable bonds is 8. The largest absolute Gasteiger partial charge is 0.444 e. The van der Waals surface area contributed by atoms with Crippen molar-refractivity contribution in [2.24, 2.45) is 5.92 Å². The van der Waals surface area contributed by atoms with Crippen LogP contribution in [0.4, 0.5) is 4.79 Å². The topological polar surface area (TPSA) is 50.4 Å². The first kappa shape index (κ1) is 18.4. The highest BCUT2D eigenvalue weighted by molar-refractivity contribution is 7.99. The second kappa shape index (κ2) is 9.36. The van der Waals surface area contributed by atoms with Gasteiger partial charge in [0.25, 0.3) is 0 Å². The summed E-state index contributed by atoms with van der Waals surface area (Å²) in [6.07, 6.45) is 5.24. The first-order chi connectivity index (χ1) is 9.92. The van der Waals surface area contributed by atoms with Crippen LogP contribution in [0.2, 0.25) is 0 Å². The lowest BCUT2D eigenvalue weighted by Gasteiger charge is -2.23. The molecule has 0 bridgehead atoms. The number of hydrogen-bond acceptors (Lipinski definition) is 4. The van der Waals surface area contributed by atoms with Crippen molar-refractivity contribution >= 4 is 17.9 Å². The van der Waals surface area contributed by atoms with Gasteiger partial charge in [0.2, 0.25) is 0 Å². The summed E-state index contributed by atoms with van der Waals surface area (Å²) >= 11 is 1.89. The Morgan fingerprint density at radius 2 is 2.19 bits per heavy atom. The van der Waals surface area contributed by atoms with Crippen LogP contribution in [0.15, 0.2) is 12.7 Å². The van der Waals surface area contributed by atoms with E-state index in [1.165, 1.54) is 19.3 Å². The Morgan fingerprint density at radius 1 is 1.43 bits per heavy atom. The van der Waals surface area contributed by atoms with Crippen molar-refractivity contribution in [3.63, 3.8) is 0 Å². The molecule has 122 valence electrons. The molecule has 0 aromatic rings. The molecule has 1 rings (SSSR count). The van der Waals surface area contributed by atoms with Crippen LogP contribution < -0.4 is 10.6 Å². The summed E-state index contributed by atoms with van der Waals surface area (Å²) in [5, 5.41) is 6.52. The molecule has 1 amide bonds. The number of nitrogens with one attached hydrogen (secondary N) is 2. The Kier molecular flexibility index (Phi) is 8.19. The number of carbonyl (C=O) groups excluding carboxylic acids is 1. The number of amides is 1. The molecule has 1 aliphatic rings. The van der Waals surface area contributed by atoms with Crippen LogP contribution in [-0.4, -0.2) is 42.3 Å². The maximum atomic E-state index is 11.7. The number of hydrogen-bond donors (Lipinski definition) is 2.